The molecule has 0 bridgehead atoms. The number of fused-ring (bicyclic) bond motifs is 1. The molecule has 0 saturated carbocycles. The molecule has 2 N–H and O–H groups in total. The van der Waals surface area contributed by atoms with Gasteiger partial charge in [-0.1, -0.05) is 78.9 Å². The second-order valence-electron chi connectivity index (χ2n) is 7.39. The van der Waals surface area contributed by atoms with Gasteiger partial charge in [0.1, 0.15) is 6.04 Å². The van der Waals surface area contributed by atoms with Crippen LogP contribution in [-0.4, -0.2) is 26.8 Å². The molecule has 1 atom stereocenters. The van der Waals surface area contributed by atoms with Gasteiger partial charge in [-0.25, -0.2) is 9.48 Å². The molecule has 1 heterocycles. The maximum atomic E-state index is 13.2. The van der Waals surface area contributed by atoms with Crippen LogP contribution in [0.2, 0.25) is 0 Å². The first kappa shape index (κ1) is 21.0. The largest absolute Gasteiger partial charge is 0.476 e. The number of carbonyl (C=O) groups excluding carboxylic acids is 1. The van der Waals surface area contributed by atoms with Gasteiger partial charge >= 0.3 is 5.97 Å². The zero-order valence-corrected chi connectivity index (χ0v) is 17.3. The van der Waals surface area contributed by atoms with Crippen LogP contribution in [0.3, 0.4) is 0 Å². The molecule has 4 rings (SSSR count). The second-order valence-corrected chi connectivity index (χ2v) is 7.39. The summed E-state index contributed by atoms with van der Waals surface area (Å²) in [5.41, 5.74) is 0.959. The Morgan fingerprint density at radius 2 is 1.34 bits per heavy atom. The molecular weight excluding hydrogens is 406 g/mol. The van der Waals surface area contributed by atoms with E-state index in [-0.39, 0.29) is 16.5 Å². The van der Waals surface area contributed by atoms with Crippen molar-refractivity contribution in [2.75, 3.05) is 0 Å². The minimum absolute atomic E-state index is 0.196. The summed E-state index contributed by atoms with van der Waals surface area (Å²) in [4.78, 5) is 38.0. The van der Waals surface area contributed by atoms with Crippen molar-refractivity contribution in [2.24, 2.45) is 0 Å². The fourth-order valence-corrected chi connectivity index (χ4v) is 3.65. The average Bonchev–Trinajstić information content (AvgIpc) is 2.83. The Balaban J connectivity index is 1.73. The molecule has 160 valence electrons. The SMILES string of the molecule is C[C@H](C(=O)NC(c1ccccc1)c1ccccc1)n1nc(C(=O)O)c2ccccc2c1=O. The lowest BCUT2D eigenvalue weighted by molar-refractivity contribution is -0.124. The molecule has 0 aliphatic heterocycles. The van der Waals surface area contributed by atoms with E-state index < -0.39 is 29.5 Å². The van der Waals surface area contributed by atoms with Gasteiger partial charge in [0.2, 0.25) is 5.91 Å². The summed E-state index contributed by atoms with van der Waals surface area (Å²) in [5.74, 6) is -1.72. The minimum Gasteiger partial charge on any atom is -0.476 e. The molecule has 1 amide bonds. The molecule has 4 aromatic rings. The highest BCUT2D eigenvalue weighted by Gasteiger charge is 2.25. The number of rotatable bonds is 6. The monoisotopic (exact) mass is 427 g/mol. The van der Waals surface area contributed by atoms with E-state index in [9.17, 15) is 19.5 Å². The molecule has 0 spiro atoms. The van der Waals surface area contributed by atoms with Crippen LogP contribution in [0.5, 0.6) is 0 Å². The average molecular weight is 427 g/mol. The standard InChI is InChI=1S/C25H21N3O4/c1-16(28-24(30)20-15-9-8-14-19(20)22(27-28)25(31)32)23(29)26-21(17-10-4-2-5-11-17)18-12-6-3-7-13-18/h2-16,21H,1H3,(H,26,29)(H,31,32)/t16-/m1/s1. The molecule has 7 nitrogen and oxygen atoms in total. The summed E-state index contributed by atoms with van der Waals surface area (Å²) in [6.45, 7) is 1.52. The summed E-state index contributed by atoms with van der Waals surface area (Å²) in [7, 11) is 0. The third-order valence-electron chi connectivity index (χ3n) is 5.33. The number of hydrogen-bond donors (Lipinski definition) is 2. The predicted molar refractivity (Wildman–Crippen MR) is 121 cm³/mol. The molecular formula is C25H21N3O4. The number of aromatic nitrogens is 2. The zero-order valence-electron chi connectivity index (χ0n) is 17.3. The van der Waals surface area contributed by atoms with Gasteiger partial charge in [0.05, 0.1) is 11.4 Å². The van der Waals surface area contributed by atoms with Gasteiger partial charge < -0.3 is 10.4 Å². The van der Waals surface area contributed by atoms with Crippen LogP contribution in [0.4, 0.5) is 0 Å². The van der Waals surface area contributed by atoms with Gasteiger partial charge in [0.15, 0.2) is 5.69 Å². The van der Waals surface area contributed by atoms with E-state index in [1.54, 1.807) is 12.1 Å². The molecule has 0 saturated heterocycles. The first-order valence-corrected chi connectivity index (χ1v) is 10.1. The fourth-order valence-electron chi connectivity index (χ4n) is 3.65. The Morgan fingerprint density at radius 3 is 1.88 bits per heavy atom. The predicted octanol–water partition coefficient (Wildman–Crippen LogP) is 3.56. The summed E-state index contributed by atoms with van der Waals surface area (Å²) >= 11 is 0. The van der Waals surface area contributed by atoms with Crippen molar-refractivity contribution in [2.45, 2.75) is 19.0 Å². The van der Waals surface area contributed by atoms with Crippen molar-refractivity contribution in [3.8, 4) is 0 Å². The van der Waals surface area contributed by atoms with E-state index in [1.165, 1.54) is 19.1 Å². The lowest BCUT2D eigenvalue weighted by atomic mass is 9.98. The maximum absolute atomic E-state index is 13.2. The van der Waals surface area contributed by atoms with Crippen molar-refractivity contribution in [3.05, 3.63) is 112 Å². The fraction of sp³-hybridized carbons (Fsp3) is 0.120. The van der Waals surface area contributed by atoms with E-state index in [2.05, 4.69) is 10.4 Å². The topological polar surface area (TPSA) is 101 Å². The highest BCUT2D eigenvalue weighted by Crippen LogP contribution is 2.23. The highest BCUT2D eigenvalue weighted by molar-refractivity contribution is 6.01. The van der Waals surface area contributed by atoms with E-state index >= 15 is 0 Å². The molecule has 0 aliphatic carbocycles. The van der Waals surface area contributed by atoms with Gasteiger partial charge in [0, 0.05) is 5.39 Å². The molecule has 3 aromatic carbocycles. The number of aromatic carboxylic acids is 1. The Bertz CT molecular complexity index is 1290. The van der Waals surface area contributed by atoms with E-state index in [1.807, 2.05) is 60.7 Å². The van der Waals surface area contributed by atoms with E-state index in [4.69, 9.17) is 0 Å². The highest BCUT2D eigenvalue weighted by atomic mass is 16.4. The molecule has 0 unspecified atom stereocenters. The van der Waals surface area contributed by atoms with Gasteiger partial charge in [0.25, 0.3) is 5.56 Å². The molecule has 0 aliphatic rings. The molecule has 32 heavy (non-hydrogen) atoms. The van der Waals surface area contributed by atoms with Gasteiger partial charge in [-0.2, -0.15) is 5.10 Å². The molecule has 7 heteroatoms. The molecule has 0 fully saturated rings. The second kappa shape index (κ2) is 8.85. The third-order valence-corrected chi connectivity index (χ3v) is 5.33. The van der Waals surface area contributed by atoms with E-state index in [0.717, 1.165) is 15.8 Å². The van der Waals surface area contributed by atoms with Crippen molar-refractivity contribution in [1.29, 1.82) is 0 Å². The lowest BCUT2D eigenvalue weighted by Crippen LogP contribution is -2.39. The lowest BCUT2D eigenvalue weighted by Gasteiger charge is -2.23. The van der Waals surface area contributed by atoms with Crippen LogP contribution >= 0.6 is 0 Å². The Kier molecular flexibility index (Phi) is 5.81. The maximum Gasteiger partial charge on any atom is 0.357 e. The number of hydrogen-bond acceptors (Lipinski definition) is 4. The van der Waals surface area contributed by atoms with Crippen LogP contribution in [0.25, 0.3) is 10.8 Å². The van der Waals surface area contributed by atoms with Crippen LogP contribution < -0.4 is 10.9 Å². The first-order chi connectivity index (χ1) is 15.5. The van der Waals surface area contributed by atoms with E-state index in [0.29, 0.717) is 0 Å². The Hall–Kier alpha value is -4.26. The van der Waals surface area contributed by atoms with Crippen molar-refractivity contribution in [1.82, 2.24) is 15.1 Å². The van der Waals surface area contributed by atoms with Gasteiger partial charge in [-0.15, -0.1) is 0 Å². The van der Waals surface area contributed by atoms with Crippen molar-refractivity contribution < 1.29 is 14.7 Å². The molecule has 0 radical (unpaired) electrons. The smallest absolute Gasteiger partial charge is 0.357 e. The Morgan fingerprint density at radius 1 is 0.844 bits per heavy atom. The summed E-state index contributed by atoms with van der Waals surface area (Å²) < 4.78 is 0.939. The minimum atomic E-state index is -1.27. The van der Waals surface area contributed by atoms with Crippen molar-refractivity contribution in [3.63, 3.8) is 0 Å². The normalized spacial score (nSPS) is 11.9. The van der Waals surface area contributed by atoms with Gasteiger partial charge in [-0.3, -0.25) is 9.59 Å². The Labute approximate surface area is 183 Å². The van der Waals surface area contributed by atoms with Crippen LogP contribution in [0.1, 0.15) is 40.6 Å². The summed E-state index contributed by atoms with van der Waals surface area (Å²) in [5, 5.41) is 17.0. The first-order valence-electron chi connectivity index (χ1n) is 10.1. The number of carboxylic acids is 1. The summed E-state index contributed by atoms with van der Waals surface area (Å²) in [6.07, 6.45) is 0. The number of amides is 1. The van der Waals surface area contributed by atoms with Crippen LogP contribution in [0.15, 0.2) is 89.7 Å². The number of nitrogens with one attached hydrogen (secondary N) is 1. The number of benzene rings is 3. The van der Waals surface area contributed by atoms with Crippen LogP contribution in [0, 0.1) is 0 Å². The quantitative estimate of drug-likeness (QED) is 0.490. The number of nitrogens with zero attached hydrogens (tertiary/aromatic N) is 2. The number of carboxylic acid groups (broad SMARTS) is 1. The third kappa shape index (κ3) is 4.00. The zero-order chi connectivity index (χ0) is 22.7. The van der Waals surface area contributed by atoms with Crippen LogP contribution in [-0.2, 0) is 4.79 Å². The summed E-state index contributed by atoms with van der Waals surface area (Å²) in [6, 6.07) is 23.8. The number of carbonyl (C=O) groups is 2. The molecule has 1 aromatic heterocycles. The van der Waals surface area contributed by atoms with Gasteiger partial charge in [-0.05, 0) is 24.1 Å². The van der Waals surface area contributed by atoms with Crippen molar-refractivity contribution >= 4 is 22.6 Å².